The van der Waals surface area contributed by atoms with Gasteiger partial charge in [-0.1, -0.05) is 17.7 Å². The van der Waals surface area contributed by atoms with E-state index in [4.69, 9.17) is 4.74 Å². The van der Waals surface area contributed by atoms with E-state index >= 15 is 0 Å². The van der Waals surface area contributed by atoms with Crippen LogP contribution in [0.3, 0.4) is 0 Å². The van der Waals surface area contributed by atoms with Crippen LogP contribution in [0.2, 0.25) is 0 Å². The number of nitrogens with one attached hydrogen (secondary N) is 1. The Morgan fingerprint density at radius 2 is 1.86 bits per heavy atom. The van der Waals surface area contributed by atoms with Gasteiger partial charge in [0.05, 0.1) is 11.5 Å². The summed E-state index contributed by atoms with van der Waals surface area (Å²) in [5.41, 5.74) is 0.572. The molecule has 1 unspecified atom stereocenters. The topological polar surface area (TPSA) is 92.7 Å². The van der Waals surface area contributed by atoms with E-state index in [2.05, 4.69) is 4.72 Å². The van der Waals surface area contributed by atoms with Crippen LogP contribution in [0.15, 0.2) is 17.0 Å². The fourth-order valence-electron chi connectivity index (χ4n) is 2.76. The van der Waals surface area contributed by atoms with Gasteiger partial charge >= 0.3 is 5.97 Å². The van der Waals surface area contributed by atoms with Crippen LogP contribution in [-0.4, -0.2) is 38.2 Å². The molecule has 6 nitrogen and oxygen atoms in total. The fraction of sp³-hybridized carbons (Fsp3) is 0.500. The third-order valence-electron chi connectivity index (χ3n) is 3.63. The van der Waals surface area contributed by atoms with Gasteiger partial charge in [0.1, 0.15) is 0 Å². The molecule has 21 heavy (non-hydrogen) atoms. The molecule has 1 atom stereocenters. The lowest BCUT2D eigenvalue weighted by molar-refractivity contribution is -0.144. The number of rotatable bonds is 4. The molecule has 1 aromatic rings. The molecule has 1 aliphatic rings. The van der Waals surface area contributed by atoms with Crippen molar-refractivity contribution in [3.63, 3.8) is 0 Å². The van der Waals surface area contributed by atoms with Crippen LogP contribution in [-0.2, 0) is 19.6 Å². The van der Waals surface area contributed by atoms with Crippen molar-refractivity contribution >= 4 is 16.0 Å². The molecule has 0 aromatic heterocycles. The van der Waals surface area contributed by atoms with Gasteiger partial charge in [0.15, 0.2) is 5.54 Å². The molecule has 1 heterocycles. The summed E-state index contributed by atoms with van der Waals surface area (Å²) in [6, 6.07) is 3.53. The molecule has 0 saturated carbocycles. The summed E-state index contributed by atoms with van der Waals surface area (Å²) in [6.07, 6.45) is 0.117. The number of carboxylic acids is 1. The first-order valence-corrected chi connectivity index (χ1v) is 8.09. The molecule has 0 bridgehead atoms. The molecule has 1 saturated heterocycles. The molecule has 1 aromatic carbocycles. The van der Waals surface area contributed by atoms with Crippen LogP contribution in [0.25, 0.3) is 0 Å². The molecule has 2 rings (SSSR count). The monoisotopic (exact) mass is 313 g/mol. The number of hydrogen-bond acceptors (Lipinski definition) is 4. The highest BCUT2D eigenvalue weighted by Gasteiger charge is 2.46. The second-order valence-electron chi connectivity index (χ2n) is 5.52. The van der Waals surface area contributed by atoms with Crippen molar-refractivity contribution in [1.82, 2.24) is 4.72 Å². The van der Waals surface area contributed by atoms with Crippen molar-refractivity contribution in [2.45, 2.75) is 37.6 Å². The Hall–Kier alpha value is -1.44. The zero-order valence-corrected chi connectivity index (χ0v) is 13.1. The van der Waals surface area contributed by atoms with Crippen molar-refractivity contribution in [3.05, 3.63) is 28.8 Å². The number of aliphatic carboxylic acids is 1. The second kappa shape index (κ2) is 5.40. The minimum atomic E-state index is -3.94. The lowest BCUT2D eigenvalue weighted by Gasteiger charge is -2.24. The molecule has 0 amide bonds. The Labute approximate surface area is 124 Å². The smallest absolute Gasteiger partial charge is 0.327 e. The number of benzene rings is 1. The summed E-state index contributed by atoms with van der Waals surface area (Å²) in [6.45, 7) is 5.35. The van der Waals surface area contributed by atoms with E-state index in [9.17, 15) is 18.3 Å². The molecular formula is C14H19NO5S. The summed E-state index contributed by atoms with van der Waals surface area (Å²) in [7, 11) is -3.94. The molecule has 116 valence electrons. The molecule has 0 aliphatic carbocycles. The lowest BCUT2D eigenvalue weighted by Crippen LogP contribution is -2.55. The number of aryl methyl sites for hydroxylation is 3. The average molecular weight is 313 g/mol. The molecule has 2 N–H and O–H groups in total. The van der Waals surface area contributed by atoms with E-state index in [0.29, 0.717) is 11.1 Å². The highest BCUT2D eigenvalue weighted by molar-refractivity contribution is 7.89. The highest BCUT2D eigenvalue weighted by atomic mass is 32.2. The number of carbonyl (C=O) groups is 1. The van der Waals surface area contributed by atoms with Gasteiger partial charge in [-0.15, -0.1) is 0 Å². The van der Waals surface area contributed by atoms with Crippen LogP contribution in [0, 0.1) is 20.8 Å². The number of sulfonamides is 1. The number of hydrogen-bond donors (Lipinski definition) is 2. The first-order valence-electron chi connectivity index (χ1n) is 6.61. The zero-order chi connectivity index (χ0) is 15.8. The van der Waals surface area contributed by atoms with Gasteiger partial charge in [-0.05, 0) is 31.9 Å². The van der Waals surface area contributed by atoms with Gasteiger partial charge in [-0.2, -0.15) is 4.72 Å². The number of ether oxygens (including phenoxy) is 1. The van der Waals surface area contributed by atoms with E-state index in [1.807, 2.05) is 6.92 Å². The van der Waals surface area contributed by atoms with Crippen LogP contribution in [0.1, 0.15) is 23.1 Å². The Morgan fingerprint density at radius 1 is 1.29 bits per heavy atom. The van der Waals surface area contributed by atoms with E-state index in [0.717, 1.165) is 5.56 Å². The van der Waals surface area contributed by atoms with E-state index in [1.54, 1.807) is 26.0 Å². The van der Waals surface area contributed by atoms with Gasteiger partial charge in [0, 0.05) is 13.0 Å². The maximum atomic E-state index is 12.6. The lowest BCUT2D eigenvalue weighted by atomic mass is 10.0. The van der Waals surface area contributed by atoms with E-state index in [1.165, 1.54) is 0 Å². The van der Waals surface area contributed by atoms with Gasteiger partial charge in [0.2, 0.25) is 10.0 Å². The molecule has 1 fully saturated rings. The van der Waals surface area contributed by atoms with Crippen LogP contribution in [0.5, 0.6) is 0 Å². The highest BCUT2D eigenvalue weighted by Crippen LogP contribution is 2.26. The van der Waals surface area contributed by atoms with Gasteiger partial charge in [0.25, 0.3) is 0 Å². The Balaban J connectivity index is 2.46. The zero-order valence-electron chi connectivity index (χ0n) is 12.3. The normalized spacial score (nSPS) is 22.4. The third kappa shape index (κ3) is 2.95. The summed E-state index contributed by atoms with van der Waals surface area (Å²) >= 11 is 0. The second-order valence-corrected chi connectivity index (χ2v) is 7.14. The standard InChI is InChI=1S/C14H19NO5S/c1-9-6-10(2)12(11(3)7-9)21(18,19)15-14(13(16)17)4-5-20-8-14/h6-7,15H,4-5,8H2,1-3H3,(H,16,17). The first-order chi connectivity index (χ1) is 9.68. The van der Waals surface area contributed by atoms with Crippen molar-refractivity contribution in [1.29, 1.82) is 0 Å². The van der Waals surface area contributed by atoms with Gasteiger partial charge in [-0.3, -0.25) is 4.79 Å². The van der Waals surface area contributed by atoms with Crippen molar-refractivity contribution < 1.29 is 23.1 Å². The van der Waals surface area contributed by atoms with E-state index < -0.39 is 21.5 Å². The minimum Gasteiger partial charge on any atom is -0.480 e. The largest absolute Gasteiger partial charge is 0.480 e. The van der Waals surface area contributed by atoms with Gasteiger partial charge in [-0.25, -0.2) is 8.42 Å². The quantitative estimate of drug-likeness (QED) is 0.869. The van der Waals surface area contributed by atoms with E-state index in [-0.39, 0.29) is 24.5 Å². The van der Waals surface area contributed by atoms with Crippen molar-refractivity contribution in [3.8, 4) is 0 Å². The summed E-state index contributed by atoms with van der Waals surface area (Å²) in [5.74, 6) is -1.22. The Bertz CT molecular complexity index is 652. The molecule has 1 aliphatic heterocycles. The SMILES string of the molecule is Cc1cc(C)c(S(=O)(=O)NC2(C(=O)O)CCOC2)c(C)c1. The maximum Gasteiger partial charge on any atom is 0.327 e. The Kier molecular flexibility index (Phi) is 4.10. The minimum absolute atomic E-state index is 0.117. The van der Waals surface area contributed by atoms with Gasteiger partial charge < -0.3 is 9.84 Å². The Morgan fingerprint density at radius 3 is 2.29 bits per heavy atom. The first kappa shape index (κ1) is 15.9. The predicted octanol–water partition coefficient (Wildman–Crippen LogP) is 1.13. The molecule has 0 radical (unpaired) electrons. The summed E-state index contributed by atoms with van der Waals surface area (Å²) < 4.78 is 32.7. The third-order valence-corrected chi connectivity index (χ3v) is 5.48. The average Bonchev–Trinajstić information content (AvgIpc) is 2.75. The number of carboxylic acid groups (broad SMARTS) is 1. The molecule has 0 spiro atoms. The van der Waals surface area contributed by atoms with Crippen molar-refractivity contribution in [2.75, 3.05) is 13.2 Å². The van der Waals surface area contributed by atoms with Crippen LogP contribution < -0.4 is 4.72 Å². The summed E-state index contributed by atoms with van der Waals surface area (Å²) in [5, 5.41) is 9.35. The van der Waals surface area contributed by atoms with Crippen LogP contribution in [0.4, 0.5) is 0 Å². The molecular weight excluding hydrogens is 294 g/mol. The fourth-order valence-corrected chi connectivity index (χ4v) is 4.59. The van der Waals surface area contributed by atoms with Crippen LogP contribution >= 0.6 is 0 Å². The van der Waals surface area contributed by atoms with Crippen molar-refractivity contribution in [2.24, 2.45) is 0 Å². The maximum absolute atomic E-state index is 12.6. The molecule has 7 heteroatoms. The summed E-state index contributed by atoms with van der Waals surface area (Å²) in [4.78, 5) is 11.6. The predicted molar refractivity (Wildman–Crippen MR) is 76.8 cm³/mol.